The van der Waals surface area contributed by atoms with Crippen molar-refractivity contribution in [3.05, 3.63) is 148 Å². The molecule has 0 aliphatic rings. The third kappa shape index (κ3) is 20.3. The SMILES string of the molecule is Cc1ccc(C(NCCCC[C@H](NC(=O)[C@@H](NC(=O)CCOCCOCCOCCOCCOCCOCCN=[N+]=[N-])C(C)C)C(=O)Nc2cc[c]cc2)(c2ccccc2)c2ccccc2)cc1. The second-order valence-electron chi connectivity index (χ2n) is 16.3. The van der Waals surface area contributed by atoms with E-state index in [0.717, 1.165) is 16.7 Å². The van der Waals surface area contributed by atoms with Crippen LogP contribution in [0.1, 0.15) is 61.8 Å². The van der Waals surface area contributed by atoms with E-state index in [4.69, 9.17) is 34.0 Å². The first-order valence-electron chi connectivity index (χ1n) is 23.5. The Bertz CT molecular complexity index is 2000. The van der Waals surface area contributed by atoms with Crippen molar-refractivity contribution in [3.63, 3.8) is 0 Å². The quantitative estimate of drug-likeness (QED) is 0.0122. The molecule has 16 heteroatoms. The number of amides is 3. The first kappa shape index (κ1) is 54.9. The second kappa shape index (κ2) is 32.9. The summed E-state index contributed by atoms with van der Waals surface area (Å²) in [5.74, 6) is -1.37. The molecule has 0 saturated heterocycles. The van der Waals surface area contributed by atoms with Crippen LogP contribution in [-0.4, -0.2) is 122 Å². The molecule has 3 amide bonds. The van der Waals surface area contributed by atoms with Crippen molar-refractivity contribution in [3.8, 4) is 0 Å². The van der Waals surface area contributed by atoms with Gasteiger partial charge in [-0.25, -0.2) is 0 Å². The van der Waals surface area contributed by atoms with Gasteiger partial charge in [-0.2, -0.15) is 0 Å². The Morgan fingerprint density at radius 3 is 1.65 bits per heavy atom. The molecule has 0 aliphatic carbocycles. The molecule has 0 aromatic heterocycles. The molecule has 0 fully saturated rings. The molecule has 0 saturated carbocycles. The van der Waals surface area contributed by atoms with Crippen LogP contribution in [0.3, 0.4) is 0 Å². The van der Waals surface area contributed by atoms with Crippen molar-refractivity contribution in [1.82, 2.24) is 16.0 Å². The average molecular weight is 937 g/mol. The van der Waals surface area contributed by atoms with Crippen molar-refractivity contribution in [1.29, 1.82) is 0 Å². The number of hydrogen-bond acceptors (Lipinski definition) is 11. The summed E-state index contributed by atoms with van der Waals surface area (Å²) in [5.41, 5.74) is 12.7. The highest BCUT2D eigenvalue weighted by Gasteiger charge is 2.36. The normalized spacial score (nSPS) is 12.2. The smallest absolute Gasteiger partial charge is 0.246 e. The molecule has 367 valence electrons. The first-order chi connectivity index (χ1) is 33.2. The minimum absolute atomic E-state index is 0.0509. The fraction of sp³-hybridized carbons (Fsp3) is 0.481. The van der Waals surface area contributed by atoms with Gasteiger partial charge in [0.2, 0.25) is 17.7 Å². The summed E-state index contributed by atoms with van der Waals surface area (Å²) < 4.78 is 32.8. The molecule has 0 bridgehead atoms. The molecule has 4 N–H and O–H groups in total. The second-order valence-corrected chi connectivity index (χ2v) is 16.3. The number of anilines is 1. The molecule has 0 heterocycles. The lowest BCUT2D eigenvalue weighted by molar-refractivity contribution is -0.132. The number of hydrogen-bond donors (Lipinski definition) is 4. The van der Waals surface area contributed by atoms with Crippen LogP contribution in [-0.2, 0) is 48.3 Å². The number of nitrogens with zero attached hydrogens (tertiary/aromatic N) is 3. The van der Waals surface area contributed by atoms with Gasteiger partial charge in [-0.05, 0) is 79.1 Å². The van der Waals surface area contributed by atoms with Crippen molar-refractivity contribution in [2.45, 2.75) is 64.1 Å². The van der Waals surface area contributed by atoms with E-state index < -0.39 is 23.5 Å². The van der Waals surface area contributed by atoms with Gasteiger partial charge in [-0.15, -0.1) is 0 Å². The fourth-order valence-corrected chi connectivity index (χ4v) is 7.26. The highest BCUT2D eigenvalue weighted by molar-refractivity contribution is 5.98. The molecule has 4 aromatic carbocycles. The zero-order valence-electron chi connectivity index (χ0n) is 39.9. The van der Waals surface area contributed by atoms with Gasteiger partial charge in [-0.1, -0.05) is 122 Å². The van der Waals surface area contributed by atoms with E-state index >= 15 is 0 Å². The van der Waals surface area contributed by atoms with Crippen LogP contribution in [0.15, 0.2) is 114 Å². The van der Waals surface area contributed by atoms with Crippen molar-refractivity contribution in [2.24, 2.45) is 11.0 Å². The maximum atomic E-state index is 13.9. The molecule has 2 atom stereocenters. The molecule has 0 spiro atoms. The van der Waals surface area contributed by atoms with Crippen LogP contribution >= 0.6 is 0 Å². The van der Waals surface area contributed by atoms with Crippen LogP contribution in [0.5, 0.6) is 0 Å². The maximum Gasteiger partial charge on any atom is 0.246 e. The number of nitrogens with one attached hydrogen (secondary N) is 4. The Morgan fingerprint density at radius 2 is 1.13 bits per heavy atom. The number of aryl methyl sites for hydroxylation is 1. The van der Waals surface area contributed by atoms with Crippen LogP contribution in [0.4, 0.5) is 5.69 Å². The number of carbonyl (C=O) groups excluding carboxylic acids is 3. The predicted molar refractivity (Wildman–Crippen MR) is 262 cm³/mol. The Hall–Kier alpha value is -5.68. The Morgan fingerprint density at radius 1 is 0.632 bits per heavy atom. The molecular formula is C52H70N7O9. The summed E-state index contributed by atoms with van der Waals surface area (Å²) in [6, 6.07) is 37.6. The zero-order chi connectivity index (χ0) is 48.5. The van der Waals surface area contributed by atoms with Gasteiger partial charge in [-0.3, -0.25) is 19.7 Å². The molecule has 68 heavy (non-hydrogen) atoms. The van der Waals surface area contributed by atoms with Gasteiger partial charge >= 0.3 is 0 Å². The predicted octanol–water partition coefficient (Wildman–Crippen LogP) is 6.91. The molecule has 4 rings (SSSR count). The lowest BCUT2D eigenvalue weighted by Crippen LogP contribution is -2.54. The largest absolute Gasteiger partial charge is 0.379 e. The minimum Gasteiger partial charge on any atom is -0.379 e. The van der Waals surface area contributed by atoms with E-state index in [2.05, 4.69) is 117 Å². The van der Waals surface area contributed by atoms with Gasteiger partial charge in [0.1, 0.15) is 12.1 Å². The number of azide groups is 1. The number of rotatable bonds is 36. The van der Waals surface area contributed by atoms with E-state index in [-0.39, 0.29) is 30.8 Å². The van der Waals surface area contributed by atoms with Gasteiger partial charge in [0.25, 0.3) is 0 Å². The summed E-state index contributed by atoms with van der Waals surface area (Å²) in [6.45, 7) is 11.2. The topological polar surface area (TPSA) is 203 Å². The fourth-order valence-electron chi connectivity index (χ4n) is 7.26. The average Bonchev–Trinajstić information content (AvgIpc) is 3.35. The molecule has 0 unspecified atom stereocenters. The van der Waals surface area contributed by atoms with Crippen LogP contribution in [0.25, 0.3) is 10.4 Å². The summed E-state index contributed by atoms with van der Waals surface area (Å²) in [4.78, 5) is 43.3. The van der Waals surface area contributed by atoms with Gasteiger partial charge < -0.3 is 44.4 Å². The Balaban J connectivity index is 1.19. The van der Waals surface area contributed by atoms with Crippen molar-refractivity contribution >= 4 is 23.4 Å². The number of benzene rings is 4. The standard InChI is InChI=1S/C52H70N7O9/c1-41(2)49(58-48(60)26-29-63-31-33-65-35-37-67-39-40-68-38-36-66-34-32-64-30-28-55-59-53)51(62)57-47(50(61)56-46-19-11-6-12-20-46)21-13-14-27-54-52(43-15-7-4-8-16-43,44-17-9-5-10-18-44)45-24-22-42(3)23-25-45/h4-5,7-12,15-20,22-25,41,47,49,54H,13-14,21,26-40H2,1-3H3,(H,56,61)(H,57,62)(H,58,60)/t47-,49-/m0/s1. The van der Waals surface area contributed by atoms with Crippen LogP contribution in [0.2, 0.25) is 0 Å². The summed E-state index contributed by atoms with van der Waals surface area (Å²) in [5, 5.41) is 16.1. The Kier molecular flexibility index (Phi) is 26.6. The molecule has 4 aromatic rings. The number of unbranched alkanes of at least 4 members (excludes halogenated alkanes) is 1. The molecule has 0 aliphatic heterocycles. The van der Waals surface area contributed by atoms with Gasteiger partial charge in [0.05, 0.1) is 84.8 Å². The van der Waals surface area contributed by atoms with Crippen molar-refractivity contribution < 1.29 is 42.8 Å². The molecule has 16 nitrogen and oxygen atoms in total. The van der Waals surface area contributed by atoms with Crippen LogP contribution in [0, 0.1) is 18.9 Å². The molecule has 1 radical (unpaired) electrons. The number of ether oxygens (including phenoxy) is 6. The summed E-state index contributed by atoms with van der Waals surface area (Å²) in [7, 11) is 0. The van der Waals surface area contributed by atoms with Crippen LogP contribution < -0.4 is 21.3 Å². The van der Waals surface area contributed by atoms with E-state index in [1.807, 2.05) is 26.0 Å². The third-order valence-corrected chi connectivity index (χ3v) is 10.8. The van der Waals surface area contributed by atoms with E-state index in [9.17, 15) is 14.4 Å². The van der Waals surface area contributed by atoms with Crippen molar-refractivity contribution in [2.75, 3.05) is 97.7 Å². The monoisotopic (exact) mass is 937 g/mol. The lowest BCUT2D eigenvalue weighted by Gasteiger charge is -2.37. The first-order valence-corrected chi connectivity index (χ1v) is 23.5. The Labute approximate surface area is 401 Å². The summed E-state index contributed by atoms with van der Waals surface area (Å²) >= 11 is 0. The highest BCUT2D eigenvalue weighted by atomic mass is 16.6. The van der Waals surface area contributed by atoms with E-state index in [1.54, 1.807) is 24.3 Å². The zero-order valence-corrected chi connectivity index (χ0v) is 39.9. The van der Waals surface area contributed by atoms with E-state index in [0.29, 0.717) is 111 Å². The maximum absolute atomic E-state index is 13.9. The summed E-state index contributed by atoms with van der Waals surface area (Å²) in [6.07, 6.45) is 1.77. The van der Waals surface area contributed by atoms with Gasteiger partial charge in [0, 0.05) is 23.6 Å². The lowest BCUT2D eigenvalue weighted by atomic mass is 9.76. The van der Waals surface area contributed by atoms with Gasteiger partial charge in [0.15, 0.2) is 0 Å². The van der Waals surface area contributed by atoms with E-state index in [1.165, 1.54) is 5.56 Å². The molecular weight excluding hydrogens is 867 g/mol. The third-order valence-electron chi connectivity index (χ3n) is 10.8. The minimum atomic E-state index is -0.868. The number of carbonyl (C=O) groups is 3. The highest BCUT2D eigenvalue weighted by Crippen LogP contribution is 2.37.